The van der Waals surface area contributed by atoms with E-state index in [1.807, 2.05) is 0 Å². The summed E-state index contributed by atoms with van der Waals surface area (Å²) in [5, 5.41) is 3.61. The van der Waals surface area contributed by atoms with Crippen LogP contribution in [0.1, 0.15) is 52.4 Å². The summed E-state index contributed by atoms with van der Waals surface area (Å²) in [7, 11) is 0. The molecule has 0 aromatic heterocycles. The van der Waals surface area contributed by atoms with Crippen molar-refractivity contribution in [3.63, 3.8) is 0 Å². The summed E-state index contributed by atoms with van der Waals surface area (Å²) in [5.41, 5.74) is 1.33. The Balaban J connectivity index is 2.04. The van der Waals surface area contributed by atoms with Gasteiger partial charge in [0, 0.05) is 6.04 Å². The summed E-state index contributed by atoms with van der Waals surface area (Å²) in [5.74, 6) is 1.000. The molecule has 0 aromatic carbocycles. The van der Waals surface area contributed by atoms with Crippen molar-refractivity contribution in [2.75, 3.05) is 6.54 Å². The van der Waals surface area contributed by atoms with Crippen LogP contribution in [0.4, 0.5) is 0 Å². The first-order valence-electron chi connectivity index (χ1n) is 6.11. The molecule has 0 radical (unpaired) electrons. The average Bonchev–Trinajstić information content (AvgIpc) is 2.93. The lowest BCUT2D eigenvalue weighted by atomic mass is 10.0. The first-order valence-corrected chi connectivity index (χ1v) is 6.11. The van der Waals surface area contributed by atoms with E-state index in [4.69, 9.17) is 0 Å². The Morgan fingerprint density at radius 3 is 2.64 bits per heavy atom. The summed E-state index contributed by atoms with van der Waals surface area (Å²) in [4.78, 5) is 0. The van der Waals surface area contributed by atoms with Gasteiger partial charge in [0.2, 0.25) is 0 Å². The summed E-state index contributed by atoms with van der Waals surface area (Å²) in [6, 6.07) is 0.810. The van der Waals surface area contributed by atoms with Gasteiger partial charge in [0.25, 0.3) is 0 Å². The quantitative estimate of drug-likeness (QED) is 0.461. The molecule has 0 spiro atoms. The third kappa shape index (κ3) is 4.80. The molecule has 1 atom stereocenters. The van der Waals surface area contributed by atoms with Crippen LogP contribution >= 0.6 is 0 Å². The molecular formula is C13H25N. The van der Waals surface area contributed by atoms with Crippen molar-refractivity contribution in [2.24, 2.45) is 5.92 Å². The Morgan fingerprint density at radius 2 is 2.14 bits per heavy atom. The number of unbranched alkanes of at least 4 members (excludes halogenated alkanes) is 1. The Morgan fingerprint density at radius 1 is 1.43 bits per heavy atom. The fraction of sp³-hybridized carbons (Fsp3) is 0.846. The second-order valence-corrected chi connectivity index (χ2v) is 4.70. The first kappa shape index (κ1) is 11.8. The van der Waals surface area contributed by atoms with Gasteiger partial charge in [0.1, 0.15) is 0 Å². The van der Waals surface area contributed by atoms with Crippen LogP contribution in [-0.4, -0.2) is 12.6 Å². The highest BCUT2D eigenvalue weighted by atomic mass is 14.9. The minimum absolute atomic E-state index is 0.810. The van der Waals surface area contributed by atoms with Crippen LogP contribution in [0.2, 0.25) is 0 Å². The summed E-state index contributed by atoms with van der Waals surface area (Å²) >= 11 is 0. The van der Waals surface area contributed by atoms with Crippen LogP contribution < -0.4 is 5.32 Å². The molecular weight excluding hydrogens is 170 g/mol. The number of nitrogens with one attached hydrogen (secondary N) is 1. The lowest BCUT2D eigenvalue weighted by Crippen LogP contribution is -2.30. The summed E-state index contributed by atoms with van der Waals surface area (Å²) < 4.78 is 0. The Kier molecular flexibility index (Phi) is 5.24. The smallest absolute Gasteiger partial charge is 0.00952 e. The molecule has 1 rings (SSSR count). The third-order valence-electron chi connectivity index (χ3n) is 3.03. The molecule has 1 aliphatic carbocycles. The molecule has 1 saturated carbocycles. The van der Waals surface area contributed by atoms with E-state index < -0.39 is 0 Å². The van der Waals surface area contributed by atoms with Crippen molar-refractivity contribution in [2.45, 2.75) is 58.4 Å². The van der Waals surface area contributed by atoms with Crippen molar-refractivity contribution in [3.05, 3.63) is 12.2 Å². The zero-order valence-electron chi connectivity index (χ0n) is 9.81. The fourth-order valence-electron chi connectivity index (χ4n) is 2.06. The molecule has 0 aromatic rings. The molecule has 82 valence electrons. The van der Waals surface area contributed by atoms with Gasteiger partial charge in [-0.25, -0.2) is 0 Å². The normalized spacial score (nSPS) is 18.1. The van der Waals surface area contributed by atoms with E-state index in [0.717, 1.165) is 18.5 Å². The van der Waals surface area contributed by atoms with E-state index in [0.29, 0.717) is 0 Å². The van der Waals surface area contributed by atoms with Crippen LogP contribution in [0.25, 0.3) is 0 Å². The van der Waals surface area contributed by atoms with Gasteiger partial charge in [-0.15, -0.1) is 6.58 Å². The van der Waals surface area contributed by atoms with E-state index in [-0.39, 0.29) is 0 Å². The van der Waals surface area contributed by atoms with E-state index in [1.165, 1.54) is 44.1 Å². The minimum atomic E-state index is 0.810. The molecule has 0 bridgehead atoms. The highest BCUT2D eigenvalue weighted by molar-refractivity contribution is 4.89. The number of rotatable bonds is 8. The van der Waals surface area contributed by atoms with Crippen molar-refractivity contribution < 1.29 is 0 Å². The molecule has 1 heteroatoms. The van der Waals surface area contributed by atoms with Crippen LogP contribution in [-0.2, 0) is 0 Å². The van der Waals surface area contributed by atoms with Gasteiger partial charge in [0.05, 0.1) is 0 Å². The van der Waals surface area contributed by atoms with Crippen molar-refractivity contribution >= 4 is 0 Å². The molecule has 1 fully saturated rings. The zero-order chi connectivity index (χ0) is 10.4. The molecule has 1 aliphatic rings. The van der Waals surface area contributed by atoms with Gasteiger partial charge in [-0.1, -0.05) is 18.9 Å². The molecule has 1 N–H and O–H groups in total. The van der Waals surface area contributed by atoms with Crippen LogP contribution in [0.3, 0.4) is 0 Å². The Labute approximate surface area is 89.0 Å². The van der Waals surface area contributed by atoms with E-state index in [1.54, 1.807) is 0 Å². The molecule has 0 aliphatic heterocycles. The summed E-state index contributed by atoms with van der Waals surface area (Å²) in [6.07, 6.45) is 8.18. The van der Waals surface area contributed by atoms with Gasteiger partial charge in [-0.2, -0.15) is 0 Å². The molecule has 0 amide bonds. The highest BCUT2D eigenvalue weighted by Gasteiger charge is 2.29. The topological polar surface area (TPSA) is 12.0 Å². The van der Waals surface area contributed by atoms with Crippen LogP contribution in [0.15, 0.2) is 12.2 Å². The maximum atomic E-state index is 3.94. The zero-order valence-corrected chi connectivity index (χ0v) is 9.81. The lowest BCUT2D eigenvalue weighted by molar-refractivity contribution is 0.428. The second kappa shape index (κ2) is 6.23. The predicted octanol–water partition coefficient (Wildman–Crippen LogP) is 3.51. The fourth-order valence-corrected chi connectivity index (χ4v) is 2.06. The lowest BCUT2D eigenvalue weighted by Gasteiger charge is -2.16. The molecule has 14 heavy (non-hydrogen) atoms. The highest BCUT2D eigenvalue weighted by Crippen LogP contribution is 2.34. The average molecular weight is 195 g/mol. The standard InChI is InChI=1S/C13H25N/c1-4-14-13(12-9-10-12)8-6-5-7-11(2)3/h12-14H,2,4-10H2,1,3H3. The number of allylic oxidation sites excluding steroid dienone is 1. The molecule has 0 heterocycles. The maximum absolute atomic E-state index is 3.94. The molecule has 1 unspecified atom stereocenters. The van der Waals surface area contributed by atoms with Crippen LogP contribution in [0, 0.1) is 5.92 Å². The van der Waals surface area contributed by atoms with Gasteiger partial charge >= 0.3 is 0 Å². The maximum Gasteiger partial charge on any atom is 0.00952 e. The Bertz CT molecular complexity index is 170. The first-order chi connectivity index (χ1) is 6.74. The second-order valence-electron chi connectivity index (χ2n) is 4.70. The SMILES string of the molecule is C=C(C)CCCCC(NCC)C1CC1. The van der Waals surface area contributed by atoms with Gasteiger partial charge < -0.3 is 5.32 Å². The van der Waals surface area contributed by atoms with Crippen LogP contribution in [0.5, 0.6) is 0 Å². The van der Waals surface area contributed by atoms with Crippen molar-refractivity contribution in [1.29, 1.82) is 0 Å². The largest absolute Gasteiger partial charge is 0.314 e. The van der Waals surface area contributed by atoms with Gasteiger partial charge in [-0.3, -0.25) is 0 Å². The summed E-state index contributed by atoms with van der Waals surface area (Å²) in [6.45, 7) is 9.41. The van der Waals surface area contributed by atoms with E-state index in [2.05, 4.69) is 25.7 Å². The molecule has 1 nitrogen and oxygen atoms in total. The number of hydrogen-bond donors (Lipinski definition) is 1. The third-order valence-corrected chi connectivity index (χ3v) is 3.03. The monoisotopic (exact) mass is 195 g/mol. The molecule has 0 saturated heterocycles. The van der Waals surface area contributed by atoms with E-state index >= 15 is 0 Å². The minimum Gasteiger partial charge on any atom is -0.314 e. The van der Waals surface area contributed by atoms with Gasteiger partial charge in [-0.05, 0) is 51.5 Å². The predicted molar refractivity (Wildman–Crippen MR) is 63.5 cm³/mol. The van der Waals surface area contributed by atoms with Gasteiger partial charge in [0.15, 0.2) is 0 Å². The van der Waals surface area contributed by atoms with Crippen molar-refractivity contribution in [3.8, 4) is 0 Å². The van der Waals surface area contributed by atoms with E-state index in [9.17, 15) is 0 Å². The number of hydrogen-bond acceptors (Lipinski definition) is 1. The Hall–Kier alpha value is -0.300. The van der Waals surface area contributed by atoms with Crippen molar-refractivity contribution in [1.82, 2.24) is 5.32 Å².